The lowest BCUT2D eigenvalue weighted by Crippen LogP contribution is -2.37. The minimum absolute atomic E-state index is 0.0861. The van der Waals surface area contributed by atoms with Gasteiger partial charge in [0.15, 0.2) is 0 Å². The number of pyridine rings is 1. The van der Waals surface area contributed by atoms with Gasteiger partial charge < -0.3 is 11.1 Å². The van der Waals surface area contributed by atoms with E-state index in [1.165, 1.54) is 0 Å². The van der Waals surface area contributed by atoms with Crippen LogP contribution in [0.3, 0.4) is 0 Å². The van der Waals surface area contributed by atoms with Crippen LogP contribution in [0, 0.1) is 11.8 Å². The van der Waals surface area contributed by atoms with Gasteiger partial charge in [0, 0.05) is 30.0 Å². The summed E-state index contributed by atoms with van der Waals surface area (Å²) in [5.41, 5.74) is 6.71. The molecule has 1 aromatic heterocycles. The summed E-state index contributed by atoms with van der Waals surface area (Å²) in [6.45, 7) is 2.11. The fourth-order valence-electron chi connectivity index (χ4n) is 2.50. The third kappa shape index (κ3) is 3.03. The molecule has 1 heterocycles. The van der Waals surface area contributed by atoms with Gasteiger partial charge in [0.25, 0.3) is 0 Å². The number of hydrogen-bond acceptors (Lipinski definition) is 3. The highest BCUT2D eigenvalue weighted by Crippen LogP contribution is 2.29. The van der Waals surface area contributed by atoms with Crippen molar-refractivity contribution >= 4 is 11.6 Å². The molecule has 3 unspecified atom stereocenters. The Morgan fingerprint density at radius 2 is 2.12 bits per heavy atom. The topological polar surface area (TPSA) is 68.0 Å². The summed E-state index contributed by atoms with van der Waals surface area (Å²) in [5.74, 6) is 0.555. The van der Waals surface area contributed by atoms with Crippen molar-refractivity contribution in [3.8, 4) is 0 Å². The zero-order chi connectivity index (χ0) is 12.3. The predicted molar refractivity (Wildman–Crippen MR) is 67.3 cm³/mol. The fourth-order valence-corrected chi connectivity index (χ4v) is 2.50. The zero-order valence-corrected chi connectivity index (χ0v) is 10.1. The van der Waals surface area contributed by atoms with E-state index >= 15 is 0 Å². The highest BCUT2D eigenvalue weighted by molar-refractivity contribution is 5.92. The highest BCUT2D eigenvalue weighted by Gasteiger charge is 2.30. The number of anilines is 1. The molecule has 1 aliphatic rings. The summed E-state index contributed by atoms with van der Waals surface area (Å²) in [4.78, 5) is 16.0. The van der Waals surface area contributed by atoms with Crippen LogP contribution in [0.5, 0.6) is 0 Å². The second-order valence-electron chi connectivity index (χ2n) is 4.88. The van der Waals surface area contributed by atoms with Gasteiger partial charge in [-0.15, -0.1) is 0 Å². The molecule has 3 N–H and O–H groups in total. The van der Waals surface area contributed by atoms with Gasteiger partial charge in [0.1, 0.15) is 0 Å². The van der Waals surface area contributed by atoms with Crippen molar-refractivity contribution in [3.63, 3.8) is 0 Å². The van der Waals surface area contributed by atoms with Crippen LogP contribution >= 0.6 is 0 Å². The van der Waals surface area contributed by atoms with Gasteiger partial charge in [-0.25, -0.2) is 0 Å². The molecule has 0 saturated heterocycles. The predicted octanol–water partition coefficient (Wildman–Crippen LogP) is 1.78. The number of hydrogen-bond donors (Lipinski definition) is 2. The van der Waals surface area contributed by atoms with E-state index in [1.807, 2.05) is 0 Å². The SMILES string of the molecule is CC1CC(N)CCC1C(=O)Nc1ccncc1. The van der Waals surface area contributed by atoms with Gasteiger partial charge in [-0.1, -0.05) is 6.92 Å². The number of amides is 1. The fraction of sp³-hybridized carbons (Fsp3) is 0.538. The van der Waals surface area contributed by atoms with E-state index in [9.17, 15) is 4.79 Å². The van der Waals surface area contributed by atoms with Crippen LogP contribution in [0.4, 0.5) is 5.69 Å². The van der Waals surface area contributed by atoms with Gasteiger partial charge in [0.2, 0.25) is 5.91 Å². The lowest BCUT2D eigenvalue weighted by atomic mass is 9.78. The molecule has 17 heavy (non-hydrogen) atoms. The standard InChI is InChI=1S/C13H19N3O/c1-9-8-10(14)2-3-12(9)13(17)16-11-4-6-15-7-5-11/h4-7,9-10,12H,2-3,8,14H2,1H3,(H,15,16,17). The Morgan fingerprint density at radius 1 is 1.41 bits per heavy atom. The van der Waals surface area contributed by atoms with E-state index in [-0.39, 0.29) is 17.9 Å². The van der Waals surface area contributed by atoms with E-state index in [0.29, 0.717) is 5.92 Å². The van der Waals surface area contributed by atoms with E-state index in [2.05, 4.69) is 17.2 Å². The Labute approximate surface area is 102 Å². The molecule has 0 radical (unpaired) electrons. The van der Waals surface area contributed by atoms with Crippen LogP contribution in [0.15, 0.2) is 24.5 Å². The molecule has 1 aromatic rings. The number of carbonyl (C=O) groups excluding carboxylic acids is 1. The van der Waals surface area contributed by atoms with Crippen LogP contribution in [-0.4, -0.2) is 16.9 Å². The van der Waals surface area contributed by atoms with E-state index in [1.54, 1.807) is 24.5 Å². The van der Waals surface area contributed by atoms with Crippen LogP contribution < -0.4 is 11.1 Å². The van der Waals surface area contributed by atoms with Crippen molar-refractivity contribution in [2.24, 2.45) is 17.6 Å². The van der Waals surface area contributed by atoms with E-state index in [4.69, 9.17) is 5.73 Å². The number of rotatable bonds is 2. The maximum absolute atomic E-state index is 12.1. The van der Waals surface area contributed by atoms with Crippen molar-refractivity contribution < 1.29 is 4.79 Å². The molecule has 4 nitrogen and oxygen atoms in total. The third-order valence-electron chi connectivity index (χ3n) is 3.49. The lowest BCUT2D eigenvalue weighted by molar-refractivity contribution is -0.122. The number of nitrogens with zero attached hydrogens (tertiary/aromatic N) is 1. The Hall–Kier alpha value is -1.42. The summed E-state index contributed by atoms with van der Waals surface area (Å²) >= 11 is 0. The molecule has 1 amide bonds. The zero-order valence-electron chi connectivity index (χ0n) is 10.1. The molecular formula is C13H19N3O. The minimum Gasteiger partial charge on any atom is -0.328 e. The first-order valence-corrected chi connectivity index (χ1v) is 6.13. The first-order chi connectivity index (χ1) is 8.16. The average Bonchev–Trinajstić information content (AvgIpc) is 2.30. The summed E-state index contributed by atoms with van der Waals surface area (Å²) in [7, 11) is 0. The number of nitrogens with one attached hydrogen (secondary N) is 1. The van der Waals surface area contributed by atoms with Crippen molar-refractivity contribution in [3.05, 3.63) is 24.5 Å². The lowest BCUT2D eigenvalue weighted by Gasteiger charge is -2.31. The van der Waals surface area contributed by atoms with Gasteiger partial charge >= 0.3 is 0 Å². The molecule has 1 fully saturated rings. The number of aromatic nitrogens is 1. The highest BCUT2D eigenvalue weighted by atomic mass is 16.1. The smallest absolute Gasteiger partial charge is 0.227 e. The quantitative estimate of drug-likeness (QED) is 0.818. The molecule has 1 aliphatic carbocycles. The van der Waals surface area contributed by atoms with Crippen molar-refractivity contribution in [2.45, 2.75) is 32.2 Å². The second kappa shape index (κ2) is 5.27. The number of carbonyl (C=O) groups is 1. The van der Waals surface area contributed by atoms with Gasteiger partial charge in [-0.2, -0.15) is 0 Å². The summed E-state index contributed by atoms with van der Waals surface area (Å²) in [6, 6.07) is 3.86. The molecular weight excluding hydrogens is 214 g/mol. The second-order valence-corrected chi connectivity index (χ2v) is 4.88. The van der Waals surface area contributed by atoms with E-state index in [0.717, 1.165) is 24.9 Å². The number of nitrogens with two attached hydrogens (primary N) is 1. The van der Waals surface area contributed by atoms with Crippen LogP contribution in [0.25, 0.3) is 0 Å². The summed E-state index contributed by atoms with van der Waals surface area (Å²) < 4.78 is 0. The van der Waals surface area contributed by atoms with Crippen molar-refractivity contribution in [2.75, 3.05) is 5.32 Å². The normalized spacial score (nSPS) is 28.7. The summed E-state index contributed by atoms with van der Waals surface area (Å²) in [5, 5.41) is 2.94. The first-order valence-electron chi connectivity index (χ1n) is 6.13. The Balaban J connectivity index is 1.96. The minimum atomic E-state index is 0.0861. The maximum atomic E-state index is 12.1. The van der Waals surface area contributed by atoms with Crippen LogP contribution in [0.1, 0.15) is 26.2 Å². The molecule has 1 saturated carbocycles. The monoisotopic (exact) mass is 233 g/mol. The van der Waals surface area contributed by atoms with E-state index < -0.39 is 0 Å². The maximum Gasteiger partial charge on any atom is 0.227 e. The Bertz CT molecular complexity index is 380. The summed E-state index contributed by atoms with van der Waals surface area (Å²) in [6.07, 6.45) is 6.12. The van der Waals surface area contributed by atoms with Gasteiger partial charge in [0.05, 0.1) is 0 Å². The van der Waals surface area contributed by atoms with Gasteiger partial charge in [-0.3, -0.25) is 9.78 Å². The molecule has 0 aliphatic heterocycles. The Kier molecular flexibility index (Phi) is 3.74. The van der Waals surface area contributed by atoms with Gasteiger partial charge in [-0.05, 0) is 37.3 Å². The molecule has 0 bridgehead atoms. The Morgan fingerprint density at radius 3 is 2.76 bits per heavy atom. The van der Waals surface area contributed by atoms with Crippen molar-refractivity contribution in [1.29, 1.82) is 0 Å². The van der Waals surface area contributed by atoms with Crippen molar-refractivity contribution in [1.82, 2.24) is 4.98 Å². The van der Waals surface area contributed by atoms with Crippen LogP contribution in [0.2, 0.25) is 0 Å². The molecule has 0 aromatic carbocycles. The first kappa shape index (κ1) is 12.0. The third-order valence-corrected chi connectivity index (χ3v) is 3.49. The molecule has 92 valence electrons. The largest absolute Gasteiger partial charge is 0.328 e. The average molecular weight is 233 g/mol. The van der Waals surface area contributed by atoms with Crippen LogP contribution in [-0.2, 0) is 4.79 Å². The molecule has 3 atom stereocenters. The molecule has 4 heteroatoms. The molecule has 2 rings (SSSR count). The molecule has 0 spiro atoms.